The highest BCUT2D eigenvalue weighted by molar-refractivity contribution is 7.65. The van der Waals surface area contributed by atoms with E-state index in [-0.39, 0.29) is 6.61 Å². The molecule has 3 nitrogen and oxygen atoms in total. The predicted molar refractivity (Wildman–Crippen MR) is 82.9 cm³/mol. The van der Waals surface area contributed by atoms with E-state index in [9.17, 15) is 22.8 Å². The van der Waals surface area contributed by atoms with Crippen molar-refractivity contribution in [2.75, 3.05) is 6.61 Å². The minimum Gasteiger partial charge on any atom is -0.367 e. The summed E-state index contributed by atoms with van der Waals surface area (Å²) in [5, 5.41) is 6.77. The van der Waals surface area contributed by atoms with E-state index in [1.807, 2.05) is 0 Å². The molecule has 0 saturated carbocycles. The van der Waals surface area contributed by atoms with Crippen molar-refractivity contribution in [3.05, 3.63) is 35.9 Å². The Bertz CT molecular complexity index is 639. The van der Waals surface area contributed by atoms with Crippen molar-refractivity contribution in [2.45, 2.75) is 39.2 Å². The summed E-state index contributed by atoms with van der Waals surface area (Å²) < 4.78 is 58.8. The molecule has 0 aliphatic carbocycles. The Morgan fingerprint density at radius 3 is 2.09 bits per heavy atom. The summed E-state index contributed by atoms with van der Waals surface area (Å²) >= 11 is 0. The van der Waals surface area contributed by atoms with Crippen LogP contribution in [0.3, 0.4) is 0 Å². The molecule has 23 heavy (non-hydrogen) atoms. The van der Waals surface area contributed by atoms with Gasteiger partial charge >= 0.3 is 13.5 Å². The summed E-state index contributed by atoms with van der Waals surface area (Å²) in [6.07, 6.45) is -5.22. The number of hydrogen-bond donors (Lipinski definition) is 1. The summed E-state index contributed by atoms with van der Waals surface area (Å²) in [4.78, 5) is 0. The first kappa shape index (κ1) is 19.8. The van der Waals surface area contributed by atoms with E-state index in [0.29, 0.717) is 0 Å². The lowest BCUT2D eigenvalue weighted by atomic mass is 9.99. The third-order valence-corrected chi connectivity index (χ3v) is 5.28. The molecular formula is C16H20F3O3P. The number of rotatable bonds is 4. The maximum atomic E-state index is 13.7. The van der Waals surface area contributed by atoms with Gasteiger partial charge in [0.15, 0.2) is 0 Å². The molecule has 1 aromatic carbocycles. The van der Waals surface area contributed by atoms with Crippen LogP contribution in [-0.2, 0) is 14.4 Å². The molecule has 0 radical (unpaired) electrons. The molecule has 1 rings (SSSR count). The molecule has 1 N–H and O–H groups in total. The molecule has 0 unspecified atom stereocenters. The molecule has 7 heteroatoms. The molecule has 2 atom stereocenters. The quantitative estimate of drug-likeness (QED) is 0.633. The minimum absolute atomic E-state index is 0.276. The second kappa shape index (κ2) is 6.68. The second-order valence-electron chi connectivity index (χ2n) is 5.99. The van der Waals surface area contributed by atoms with E-state index in [0.717, 1.165) is 12.1 Å². The Morgan fingerprint density at radius 1 is 1.17 bits per heavy atom. The third-order valence-electron chi connectivity index (χ3n) is 2.89. The Labute approximate surface area is 134 Å². The van der Waals surface area contributed by atoms with E-state index >= 15 is 0 Å². The second-order valence-corrected chi connectivity index (χ2v) is 8.22. The molecule has 0 aliphatic heterocycles. The average molecular weight is 348 g/mol. The van der Waals surface area contributed by atoms with Crippen LogP contribution < -0.4 is 0 Å². The normalized spacial score (nSPS) is 17.6. The molecule has 0 aliphatic rings. The molecule has 0 fully saturated rings. The molecule has 0 saturated heterocycles. The molecule has 128 valence electrons. The summed E-state index contributed by atoms with van der Waals surface area (Å²) in [5.74, 6) is 2.50. The molecule has 0 spiro atoms. The van der Waals surface area contributed by atoms with E-state index < -0.39 is 29.9 Å². The van der Waals surface area contributed by atoms with Gasteiger partial charge < -0.3 is 9.63 Å². The Kier molecular flexibility index (Phi) is 5.74. The van der Waals surface area contributed by atoms with Crippen molar-refractivity contribution in [1.82, 2.24) is 0 Å². The largest absolute Gasteiger partial charge is 0.431 e. The van der Waals surface area contributed by atoms with Crippen LogP contribution in [0, 0.1) is 17.0 Å². The minimum atomic E-state index is -5.22. The lowest BCUT2D eigenvalue weighted by Crippen LogP contribution is -2.42. The molecule has 0 heterocycles. The summed E-state index contributed by atoms with van der Waals surface area (Å²) in [6, 6.07) is 6.24. The van der Waals surface area contributed by atoms with Gasteiger partial charge in [0.1, 0.15) is 0 Å². The SMILES string of the molecule is CCO[P@](=O)(C#CC(C)(C)C)[C@@](O)(c1ccccc1)C(F)(F)F. The first-order valence-corrected chi connectivity index (χ1v) is 8.63. The fourth-order valence-electron chi connectivity index (χ4n) is 1.80. The van der Waals surface area contributed by atoms with E-state index in [2.05, 4.69) is 11.6 Å². The molecule has 0 amide bonds. The molecule has 0 aromatic heterocycles. The van der Waals surface area contributed by atoms with Gasteiger partial charge in [-0.2, -0.15) is 13.2 Å². The zero-order valence-corrected chi connectivity index (χ0v) is 14.3. The van der Waals surface area contributed by atoms with Gasteiger partial charge in [0.2, 0.25) is 0 Å². The van der Waals surface area contributed by atoms with Crippen LogP contribution in [0.1, 0.15) is 33.3 Å². The van der Waals surface area contributed by atoms with Crippen molar-refractivity contribution in [2.24, 2.45) is 5.41 Å². The van der Waals surface area contributed by atoms with Gasteiger partial charge in [-0.3, -0.25) is 4.57 Å². The number of aliphatic hydroxyl groups is 1. The van der Waals surface area contributed by atoms with Gasteiger partial charge in [0.05, 0.1) is 6.61 Å². The molecular weight excluding hydrogens is 328 g/mol. The average Bonchev–Trinajstić information content (AvgIpc) is 2.43. The standard InChI is InChI=1S/C16H20F3O3P/c1-5-22-23(21,12-11-14(2,3)4)15(20,16(17,18)19)13-9-7-6-8-10-13/h6-10,20H,5H2,1-4H3/t15-,23+/m0/s1. The maximum absolute atomic E-state index is 13.7. The lowest BCUT2D eigenvalue weighted by molar-refractivity contribution is -0.232. The fraction of sp³-hybridized carbons (Fsp3) is 0.500. The summed E-state index contributed by atoms with van der Waals surface area (Å²) in [5.41, 5.74) is 0.835. The van der Waals surface area contributed by atoms with E-state index in [1.165, 1.54) is 25.1 Å². The van der Waals surface area contributed by atoms with Crippen molar-refractivity contribution in [3.63, 3.8) is 0 Å². The van der Waals surface area contributed by atoms with Gasteiger partial charge in [-0.1, -0.05) is 36.3 Å². The van der Waals surface area contributed by atoms with Crippen LogP contribution in [0.25, 0.3) is 0 Å². The van der Waals surface area contributed by atoms with Crippen LogP contribution >= 0.6 is 7.37 Å². The van der Waals surface area contributed by atoms with Gasteiger partial charge in [0.25, 0.3) is 5.34 Å². The lowest BCUT2D eigenvalue weighted by Gasteiger charge is -2.34. The highest BCUT2D eigenvalue weighted by Crippen LogP contribution is 2.68. The van der Waals surface area contributed by atoms with Gasteiger partial charge in [-0.05, 0) is 33.4 Å². The zero-order chi connectivity index (χ0) is 17.9. The van der Waals surface area contributed by atoms with Gasteiger partial charge in [-0.15, -0.1) is 0 Å². The van der Waals surface area contributed by atoms with Crippen LogP contribution in [0.15, 0.2) is 30.3 Å². The summed E-state index contributed by atoms with van der Waals surface area (Å²) in [7, 11) is -4.81. The van der Waals surface area contributed by atoms with Crippen LogP contribution in [-0.4, -0.2) is 17.9 Å². The van der Waals surface area contributed by atoms with Crippen LogP contribution in [0.2, 0.25) is 0 Å². The van der Waals surface area contributed by atoms with Gasteiger partial charge in [0, 0.05) is 11.0 Å². The molecule has 0 bridgehead atoms. The Balaban J connectivity index is 3.66. The molecule has 1 aromatic rings. The number of benzene rings is 1. The van der Waals surface area contributed by atoms with Crippen LogP contribution in [0.4, 0.5) is 13.2 Å². The Hall–Kier alpha value is -1.28. The van der Waals surface area contributed by atoms with E-state index in [1.54, 1.807) is 20.8 Å². The van der Waals surface area contributed by atoms with Crippen molar-refractivity contribution < 1.29 is 27.4 Å². The van der Waals surface area contributed by atoms with Crippen molar-refractivity contribution >= 4 is 7.37 Å². The first-order valence-electron chi connectivity index (χ1n) is 7.01. The summed E-state index contributed by atoms with van der Waals surface area (Å²) in [6.45, 7) is 6.09. The number of alkyl halides is 3. The highest BCUT2D eigenvalue weighted by Gasteiger charge is 2.67. The zero-order valence-electron chi connectivity index (χ0n) is 13.4. The highest BCUT2D eigenvalue weighted by atomic mass is 31.2. The smallest absolute Gasteiger partial charge is 0.367 e. The Morgan fingerprint density at radius 2 is 1.70 bits per heavy atom. The first-order chi connectivity index (χ1) is 10.4. The monoisotopic (exact) mass is 348 g/mol. The third kappa shape index (κ3) is 4.17. The van der Waals surface area contributed by atoms with Crippen molar-refractivity contribution in [3.8, 4) is 11.6 Å². The van der Waals surface area contributed by atoms with Crippen molar-refractivity contribution in [1.29, 1.82) is 0 Å². The van der Waals surface area contributed by atoms with Crippen LogP contribution in [0.5, 0.6) is 0 Å². The topological polar surface area (TPSA) is 46.5 Å². The fourth-order valence-corrected chi connectivity index (χ4v) is 3.88. The number of hydrogen-bond acceptors (Lipinski definition) is 3. The number of halogens is 3. The predicted octanol–water partition coefficient (Wildman–Crippen LogP) is 4.72. The van der Waals surface area contributed by atoms with E-state index in [4.69, 9.17) is 4.52 Å². The van der Waals surface area contributed by atoms with Gasteiger partial charge in [-0.25, -0.2) is 0 Å². The maximum Gasteiger partial charge on any atom is 0.431 e.